The summed E-state index contributed by atoms with van der Waals surface area (Å²) >= 11 is 0. The first-order valence-electron chi connectivity index (χ1n) is 4.83. The van der Waals surface area contributed by atoms with E-state index in [1.165, 1.54) is 6.42 Å². The van der Waals surface area contributed by atoms with Gasteiger partial charge in [-0.05, 0) is 24.0 Å². The van der Waals surface area contributed by atoms with Crippen LogP contribution in [0.15, 0.2) is 0 Å². The molecule has 0 amide bonds. The highest BCUT2D eigenvalue weighted by Gasteiger charge is 2.31. The molecule has 2 rings (SSSR count). The third-order valence-corrected chi connectivity index (χ3v) is 2.89. The van der Waals surface area contributed by atoms with Crippen molar-refractivity contribution in [3.63, 3.8) is 0 Å². The molecule has 5 heteroatoms. The predicted octanol–water partition coefficient (Wildman–Crippen LogP) is 0.824. The lowest BCUT2D eigenvalue weighted by Gasteiger charge is -2.23. The summed E-state index contributed by atoms with van der Waals surface area (Å²) in [7, 11) is 0. The van der Waals surface area contributed by atoms with E-state index in [1.807, 2.05) is 0 Å². The van der Waals surface area contributed by atoms with Crippen LogP contribution in [0.5, 0.6) is 0 Å². The Bertz CT molecular complexity index is 258. The zero-order valence-corrected chi connectivity index (χ0v) is 8.06. The van der Waals surface area contributed by atoms with Crippen LogP contribution in [0.25, 0.3) is 0 Å². The maximum Gasteiger partial charge on any atom is 0.266 e. The largest absolute Gasteiger partial charge is 0.335 e. The van der Waals surface area contributed by atoms with Crippen molar-refractivity contribution in [2.75, 3.05) is 11.4 Å². The zero-order valence-electron chi connectivity index (χ0n) is 8.06. The Morgan fingerprint density at radius 2 is 2.46 bits per heavy atom. The summed E-state index contributed by atoms with van der Waals surface area (Å²) in [5.74, 6) is 1.49. The van der Waals surface area contributed by atoms with E-state index in [1.54, 1.807) is 0 Å². The molecule has 0 aromatic carbocycles. The molecule has 72 valence electrons. The molecule has 5 nitrogen and oxygen atoms in total. The molecule has 1 aliphatic heterocycles. The summed E-state index contributed by atoms with van der Waals surface area (Å²) in [4.78, 5) is 2.24. The third-order valence-electron chi connectivity index (χ3n) is 2.89. The van der Waals surface area contributed by atoms with Gasteiger partial charge in [0.25, 0.3) is 5.95 Å². The Balaban J connectivity index is 2.16. The minimum Gasteiger partial charge on any atom is -0.335 e. The fourth-order valence-corrected chi connectivity index (χ4v) is 2.16. The van der Waals surface area contributed by atoms with Crippen molar-refractivity contribution in [3.8, 4) is 0 Å². The van der Waals surface area contributed by atoms with Crippen LogP contribution >= 0.6 is 0 Å². The van der Waals surface area contributed by atoms with Crippen LogP contribution in [-0.4, -0.2) is 33.2 Å². The van der Waals surface area contributed by atoms with Crippen molar-refractivity contribution in [1.29, 1.82) is 0 Å². The molecule has 0 saturated carbocycles. The Labute approximate surface area is 77.5 Å². The quantitative estimate of drug-likeness (QED) is 0.734. The van der Waals surface area contributed by atoms with E-state index in [0.29, 0.717) is 6.04 Å². The molecule has 2 heterocycles. The van der Waals surface area contributed by atoms with E-state index in [0.717, 1.165) is 24.8 Å². The molecule has 0 radical (unpaired) electrons. The molecule has 0 spiro atoms. The van der Waals surface area contributed by atoms with Crippen molar-refractivity contribution in [2.24, 2.45) is 5.92 Å². The average molecular weight is 181 g/mol. The lowest BCUT2D eigenvalue weighted by atomic mass is 10.0. The molecular weight excluding hydrogens is 166 g/mol. The molecular formula is C8H15N5. The van der Waals surface area contributed by atoms with Crippen LogP contribution in [0.1, 0.15) is 26.7 Å². The van der Waals surface area contributed by atoms with Gasteiger partial charge in [-0.3, -0.25) is 0 Å². The van der Waals surface area contributed by atoms with Crippen LogP contribution in [0, 0.1) is 5.92 Å². The topological polar surface area (TPSA) is 57.7 Å². The van der Waals surface area contributed by atoms with E-state index in [-0.39, 0.29) is 0 Å². The fraction of sp³-hybridized carbons (Fsp3) is 0.875. The van der Waals surface area contributed by atoms with E-state index < -0.39 is 0 Å². The number of nitrogens with one attached hydrogen (secondary N) is 1. The normalized spacial score (nSPS) is 28.3. The molecule has 1 N–H and O–H groups in total. The van der Waals surface area contributed by atoms with Gasteiger partial charge in [0.2, 0.25) is 0 Å². The highest BCUT2D eigenvalue weighted by molar-refractivity contribution is 5.30. The number of nitrogens with zero attached hydrogens (tertiary/aromatic N) is 4. The minimum absolute atomic E-state index is 0.581. The number of anilines is 1. The Morgan fingerprint density at radius 3 is 3.08 bits per heavy atom. The first-order valence-corrected chi connectivity index (χ1v) is 4.83. The van der Waals surface area contributed by atoms with Crippen LogP contribution in [0.3, 0.4) is 0 Å². The summed E-state index contributed by atoms with van der Waals surface area (Å²) in [6.45, 7) is 5.55. The molecule has 1 aromatic rings. The molecule has 1 aromatic heterocycles. The van der Waals surface area contributed by atoms with Gasteiger partial charge in [-0.25, -0.2) is 0 Å². The Morgan fingerprint density at radius 1 is 1.62 bits per heavy atom. The first-order chi connectivity index (χ1) is 6.33. The van der Waals surface area contributed by atoms with Crippen molar-refractivity contribution in [1.82, 2.24) is 20.6 Å². The van der Waals surface area contributed by atoms with Gasteiger partial charge in [0, 0.05) is 12.6 Å². The van der Waals surface area contributed by atoms with E-state index >= 15 is 0 Å². The minimum atomic E-state index is 0.581. The SMILES string of the molecule is CCC1C(C)CCN1c1nn[nH]n1. The highest BCUT2D eigenvalue weighted by atomic mass is 15.5. The van der Waals surface area contributed by atoms with E-state index in [2.05, 4.69) is 39.4 Å². The number of aromatic amines is 1. The maximum absolute atomic E-state index is 4.01. The van der Waals surface area contributed by atoms with Crippen molar-refractivity contribution < 1.29 is 0 Å². The van der Waals surface area contributed by atoms with Crippen molar-refractivity contribution in [3.05, 3.63) is 0 Å². The maximum atomic E-state index is 4.01. The first kappa shape index (κ1) is 8.47. The lowest BCUT2D eigenvalue weighted by molar-refractivity contribution is 0.496. The summed E-state index contributed by atoms with van der Waals surface area (Å²) in [6, 6.07) is 0.581. The number of hydrogen-bond donors (Lipinski definition) is 1. The van der Waals surface area contributed by atoms with Crippen molar-refractivity contribution >= 4 is 5.95 Å². The van der Waals surface area contributed by atoms with Gasteiger partial charge in [0.15, 0.2) is 0 Å². The zero-order chi connectivity index (χ0) is 9.26. The van der Waals surface area contributed by atoms with E-state index in [9.17, 15) is 0 Å². The second kappa shape index (κ2) is 3.32. The van der Waals surface area contributed by atoms with Crippen LogP contribution in [-0.2, 0) is 0 Å². The summed E-state index contributed by atoms with van der Waals surface area (Å²) < 4.78 is 0. The Kier molecular flexibility index (Phi) is 2.16. The van der Waals surface area contributed by atoms with E-state index in [4.69, 9.17) is 0 Å². The molecule has 13 heavy (non-hydrogen) atoms. The third kappa shape index (κ3) is 1.38. The summed E-state index contributed by atoms with van der Waals surface area (Å²) in [5, 5.41) is 14.1. The fourth-order valence-electron chi connectivity index (χ4n) is 2.16. The van der Waals surface area contributed by atoms with Gasteiger partial charge in [0.1, 0.15) is 0 Å². The Hall–Kier alpha value is -1.13. The molecule has 2 unspecified atom stereocenters. The van der Waals surface area contributed by atoms with Crippen LogP contribution < -0.4 is 4.90 Å². The van der Waals surface area contributed by atoms with Gasteiger partial charge >= 0.3 is 0 Å². The lowest BCUT2D eigenvalue weighted by Crippen LogP contribution is -2.32. The number of aromatic nitrogens is 4. The van der Waals surface area contributed by atoms with Gasteiger partial charge in [0.05, 0.1) is 0 Å². The van der Waals surface area contributed by atoms with Gasteiger partial charge in [-0.15, -0.1) is 5.10 Å². The second-order valence-electron chi connectivity index (χ2n) is 3.65. The molecule has 0 bridgehead atoms. The number of hydrogen-bond acceptors (Lipinski definition) is 4. The molecule has 1 aliphatic rings. The van der Waals surface area contributed by atoms with Crippen molar-refractivity contribution in [2.45, 2.75) is 32.7 Å². The van der Waals surface area contributed by atoms with Crippen LogP contribution in [0.4, 0.5) is 5.95 Å². The summed E-state index contributed by atoms with van der Waals surface area (Å²) in [6.07, 6.45) is 2.38. The van der Waals surface area contributed by atoms with Gasteiger partial charge < -0.3 is 4.90 Å². The second-order valence-corrected chi connectivity index (χ2v) is 3.65. The van der Waals surface area contributed by atoms with Gasteiger partial charge in [-0.2, -0.15) is 5.21 Å². The predicted molar refractivity (Wildman–Crippen MR) is 49.4 cm³/mol. The highest BCUT2D eigenvalue weighted by Crippen LogP contribution is 2.28. The number of rotatable bonds is 2. The molecule has 2 atom stereocenters. The van der Waals surface area contributed by atoms with Gasteiger partial charge in [-0.1, -0.05) is 18.9 Å². The van der Waals surface area contributed by atoms with Crippen LogP contribution in [0.2, 0.25) is 0 Å². The molecule has 1 saturated heterocycles. The number of H-pyrrole nitrogens is 1. The molecule has 1 fully saturated rings. The molecule has 0 aliphatic carbocycles. The smallest absolute Gasteiger partial charge is 0.266 e. The summed E-state index contributed by atoms with van der Waals surface area (Å²) in [5.41, 5.74) is 0. The standard InChI is InChI=1S/C8H15N5/c1-3-7-6(2)4-5-13(7)8-9-11-12-10-8/h6-7H,3-5H2,1-2H3,(H,9,10,11,12). The average Bonchev–Trinajstić information content (AvgIpc) is 2.71. The monoisotopic (exact) mass is 181 g/mol. The number of tetrazole rings is 1.